The summed E-state index contributed by atoms with van der Waals surface area (Å²) >= 11 is 0. The van der Waals surface area contributed by atoms with E-state index in [-0.39, 0.29) is 11.7 Å². The molecule has 0 spiro atoms. The van der Waals surface area contributed by atoms with Crippen LogP contribution in [-0.4, -0.2) is 27.6 Å². The van der Waals surface area contributed by atoms with E-state index in [1.54, 1.807) is 0 Å². The number of allylic oxidation sites excluding steroid dienone is 3. The van der Waals surface area contributed by atoms with Gasteiger partial charge in [0.2, 0.25) is 0 Å². The summed E-state index contributed by atoms with van der Waals surface area (Å²) in [4.78, 5) is 23.2. The quantitative estimate of drug-likeness (QED) is 0.396. The van der Waals surface area contributed by atoms with Crippen molar-refractivity contribution in [3.05, 3.63) is 24.3 Å². The summed E-state index contributed by atoms with van der Waals surface area (Å²) in [6.07, 6.45) is 15.9. The third-order valence-corrected chi connectivity index (χ3v) is 5.00. The first kappa shape index (κ1) is 21.6. The minimum atomic E-state index is -0.850. The summed E-state index contributed by atoms with van der Waals surface area (Å²) in [5.41, 5.74) is -0.750. The van der Waals surface area contributed by atoms with Crippen LogP contribution in [0.3, 0.4) is 0 Å². The number of Topliss-reactive ketones (excluding diaryl/α,β-unsaturated/α-hetero) is 1. The maximum atomic E-state index is 11.8. The summed E-state index contributed by atoms with van der Waals surface area (Å²) in [6.45, 7) is 3.98. The number of unbranched alkanes of at least 4 members (excludes halogenated alkanes) is 2. The lowest BCUT2D eigenvalue weighted by Crippen LogP contribution is -2.26. The van der Waals surface area contributed by atoms with E-state index >= 15 is 0 Å². The van der Waals surface area contributed by atoms with E-state index in [1.165, 1.54) is 0 Å². The summed E-state index contributed by atoms with van der Waals surface area (Å²) in [5.74, 6) is -1.57. The van der Waals surface area contributed by atoms with Crippen molar-refractivity contribution >= 4 is 11.8 Å². The Morgan fingerprint density at radius 2 is 2.08 bits per heavy atom. The molecule has 25 heavy (non-hydrogen) atoms. The first-order valence-electron chi connectivity index (χ1n) is 9.68. The van der Waals surface area contributed by atoms with Crippen LogP contribution < -0.4 is 0 Å². The maximum absolute atomic E-state index is 11.8. The predicted molar refractivity (Wildman–Crippen MR) is 100 cm³/mol. The van der Waals surface area contributed by atoms with Crippen molar-refractivity contribution in [1.82, 2.24) is 0 Å². The molecule has 1 rings (SSSR count). The highest BCUT2D eigenvalue weighted by Crippen LogP contribution is 2.31. The highest BCUT2D eigenvalue weighted by molar-refractivity contribution is 5.87. The molecule has 2 N–H and O–H groups in total. The highest BCUT2D eigenvalue weighted by Gasteiger charge is 2.35. The van der Waals surface area contributed by atoms with E-state index in [4.69, 9.17) is 0 Å². The van der Waals surface area contributed by atoms with Gasteiger partial charge in [0.1, 0.15) is 5.78 Å². The van der Waals surface area contributed by atoms with E-state index in [1.807, 2.05) is 31.2 Å². The van der Waals surface area contributed by atoms with Gasteiger partial charge in [0.15, 0.2) is 0 Å². The fourth-order valence-corrected chi connectivity index (χ4v) is 3.47. The SMILES string of the molecule is CCCCCC(C)(O)/C=C\C/C=C/CC[C@H](C(=O)O)[C@H]1CCCC1=O. The van der Waals surface area contributed by atoms with Gasteiger partial charge in [-0.15, -0.1) is 0 Å². The minimum Gasteiger partial charge on any atom is -0.481 e. The number of carbonyl (C=O) groups excluding carboxylic acids is 1. The minimum absolute atomic E-state index is 0.115. The number of carboxylic acid groups (broad SMARTS) is 1. The molecule has 1 aliphatic rings. The molecule has 0 heterocycles. The number of ketones is 1. The topological polar surface area (TPSA) is 74.6 Å². The smallest absolute Gasteiger partial charge is 0.307 e. The van der Waals surface area contributed by atoms with Crippen LogP contribution in [0.25, 0.3) is 0 Å². The second-order valence-electron chi connectivity index (χ2n) is 7.41. The zero-order chi connectivity index (χ0) is 18.7. The van der Waals surface area contributed by atoms with Crippen LogP contribution in [0.15, 0.2) is 24.3 Å². The molecule has 1 unspecified atom stereocenters. The zero-order valence-corrected chi connectivity index (χ0v) is 15.7. The van der Waals surface area contributed by atoms with E-state index in [0.717, 1.165) is 44.9 Å². The Labute approximate surface area is 152 Å². The molecule has 1 saturated carbocycles. The highest BCUT2D eigenvalue weighted by atomic mass is 16.4. The van der Waals surface area contributed by atoms with Crippen LogP contribution in [0.4, 0.5) is 0 Å². The molecule has 0 radical (unpaired) electrons. The second-order valence-corrected chi connectivity index (χ2v) is 7.41. The van der Waals surface area contributed by atoms with Gasteiger partial charge < -0.3 is 10.2 Å². The van der Waals surface area contributed by atoms with Gasteiger partial charge in [-0.2, -0.15) is 0 Å². The van der Waals surface area contributed by atoms with Crippen LogP contribution in [0.1, 0.15) is 78.1 Å². The first-order chi connectivity index (χ1) is 11.9. The molecule has 0 aromatic heterocycles. The molecule has 0 aliphatic heterocycles. The van der Waals surface area contributed by atoms with Crippen molar-refractivity contribution in [2.75, 3.05) is 0 Å². The Hall–Kier alpha value is -1.42. The average Bonchev–Trinajstić information content (AvgIpc) is 2.95. The first-order valence-corrected chi connectivity index (χ1v) is 9.68. The van der Waals surface area contributed by atoms with Gasteiger partial charge >= 0.3 is 5.97 Å². The maximum Gasteiger partial charge on any atom is 0.307 e. The number of carboxylic acids is 1. The van der Waals surface area contributed by atoms with Crippen molar-refractivity contribution < 1.29 is 19.8 Å². The summed E-state index contributed by atoms with van der Waals surface area (Å²) in [7, 11) is 0. The fraction of sp³-hybridized carbons (Fsp3) is 0.714. The summed E-state index contributed by atoms with van der Waals surface area (Å²) in [5, 5.41) is 19.6. The number of rotatable bonds is 12. The molecule has 4 nitrogen and oxygen atoms in total. The van der Waals surface area contributed by atoms with E-state index in [0.29, 0.717) is 19.3 Å². The Morgan fingerprint density at radius 1 is 1.32 bits per heavy atom. The standard InChI is InChI=1S/C21H34O4/c1-3-4-9-15-21(2,25)16-10-7-5-6-8-12-18(20(23)24)17-13-11-14-19(17)22/h5-6,10,16-18,25H,3-4,7-9,11-15H2,1-2H3,(H,23,24)/b6-5+,16-10-/t17-,18+,21?/m1/s1. The lowest BCUT2D eigenvalue weighted by molar-refractivity contribution is -0.146. The molecule has 0 bridgehead atoms. The number of aliphatic carboxylic acids is 1. The van der Waals surface area contributed by atoms with Gasteiger partial charge in [-0.05, 0) is 45.4 Å². The lowest BCUT2D eigenvalue weighted by atomic mass is 9.86. The summed E-state index contributed by atoms with van der Waals surface area (Å²) < 4.78 is 0. The Morgan fingerprint density at radius 3 is 2.68 bits per heavy atom. The van der Waals surface area contributed by atoms with Crippen molar-refractivity contribution in [1.29, 1.82) is 0 Å². The normalized spacial score (nSPS) is 21.9. The molecule has 3 atom stereocenters. The fourth-order valence-electron chi connectivity index (χ4n) is 3.47. The molecule has 0 aromatic carbocycles. The van der Waals surface area contributed by atoms with Gasteiger partial charge in [-0.25, -0.2) is 0 Å². The van der Waals surface area contributed by atoms with Gasteiger partial charge in [-0.3, -0.25) is 9.59 Å². The van der Waals surface area contributed by atoms with Gasteiger partial charge in [0, 0.05) is 12.3 Å². The second kappa shape index (κ2) is 11.2. The summed E-state index contributed by atoms with van der Waals surface area (Å²) in [6, 6.07) is 0. The molecule has 0 aromatic rings. The molecular weight excluding hydrogens is 316 g/mol. The van der Waals surface area contributed by atoms with Gasteiger partial charge in [-0.1, -0.05) is 50.5 Å². The van der Waals surface area contributed by atoms with Crippen LogP contribution in [0, 0.1) is 11.8 Å². The average molecular weight is 350 g/mol. The van der Waals surface area contributed by atoms with Crippen molar-refractivity contribution in [3.63, 3.8) is 0 Å². The molecule has 0 saturated heterocycles. The van der Waals surface area contributed by atoms with Gasteiger partial charge in [0.05, 0.1) is 11.5 Å². The van der Waals surface area contributed by atoms with Crippen LogP contribution >= 0.6 is 0 Å². The van der Waals surface area contributed by atoms with E-state index < -0.39 is 17.5 Å². The number of hydrogen-bond donors (Lipinski definition) is 2. The molecular formula is C21H34O4. The van der Waals surface area contributed by atoms with E-state index in [9.17, 15) is 19.8 Å². The molecule has 1 fully saturated rings. The van der Waals surface area contributed by atoms with Crippen LogP contribution in [-0.2, 0) is 9.59 Å². The Bertz CT molecular complexity index is 476. The van der Waals surface area contributed by atoms with Crippen molar-refractivity contribution in [2.45, 2.75) is 83.7 Å². The van der Waals surface area contributed by atoms with E-state index in [2.05, 4.69) is 6.92 Å². The lowest BCUT2D eigenvalue weighted by Gasteiger charge is -2.18. The van der Waals surface area contributed by atoms with Crippen molar-refractivity contribution in [3.8, 4) is 0 Å². The molecule has 142 valence electrons. The molecule has 4 heteroatoms. The van der Waals surface area contributed by atoms with Crippen molar-refractivity contribution in [2.24, 2.45) is 11.8 Å². The zero-order valence-electron chi connectivity index (χ0n) is 15.7. The third kappa shape index (κ3) is 8.48. The third-order valence-electron chi connectivity index (χ3n) is 5.00. The Kier molecular flexibility index (Phi) is 9.73. The number of aliphatic hydroxyl groups is 1. The van der Waals surface area contributed by atoms with Crippen LogP contribution in [0.2, 0.25) is 0 Å². The predicted octanol–water partition coefficient (Wildman–Crippen LogP) is 4.67. The largest absolute Gasteiger partial charge is 0.481 e. The molecule has 1 aliphatic carbocycles. The molecule has 0 amide bonds. The van der Waals surface area contributed by atoms with Gasteiger partial charge in [0.25, 0.3) is 0 Å². The van der Waals surface area contributed by atoms with Crippen LogP contribution in [0.5, 0.6) is 0 Å². The monoisotopic (exact) mass is 350 g/mol. The number of carbonyl (C=O) groups is 2. The number of hydrogen-bond acceptors (Lipinski definition) is 3. The Balaban J connectivity index is 2.31.